The van der Waals surface area contributed by atoms with Crippen LogP contribution < -0.4 is 5.32 Å². The maximum atomic E-state index is 8.93. The van der Waals surface area contributed by atoms with E-state index in [1.807, 2.05) is 18.2 Å². The van der Waals surface area contributed by atoms with Crippen molar-refractivity contribution in [2.75, 3.05) is 18.5 Å². The lowest BCUT2D eigenvalue weighted by Gasteiger charge is -2.11. The fraction of sp³-hybridized carbons (Fsp3) is 0.188. The molecule has 0 bridgehead atoms. The Labute approximate surface area is 133 Å². The maximum absolute atomic E-state index is 8.93. The molecule has 0 spiro atoms. The summed E-state index contributed by atoms with van der Waals surface area (Å²) in [5.41, 5.74) is 1.70. The first-order valence-corrected chi connectivity index (χ1v) is 7.37. The van der Waals surface area contributed by atoms with E-state index in [1.54, 1.807) is 24.7 Å². The molecular formula is C16H15ClN4O. The first-order chi connectivity index (χ1) is 10.8. The number of nitrogens with one attached hydrogen (secondary N) is 1. The van der Waals surface area contributed by atoms with Gasteiger partial charge in [-0.05, 0) is 30.7 Å². The van der Waals surface area contributed by atoms with Crippen LogP contribution in [-0.4, -0.2) is 33.2 Å². The predicted octanol–water partition coefficient (Wildman–Crippen LogP) is 3.14. The molecule has 0 saturated heterocycles. The van der Waals surface area contributed by atoms with E-state index in [0.717, 1.165) is 27.8 Å². The number of anilines is 1. The zero-order valence-corrected chi connectivity index (χ0v) is 12.6. The van der Waals surface area contributed by atoms with E-state index in [2.05, 4.69) is 20.3 Å². The summed E-state index contributed by atoms with van der Waals surface area (Å²) in [4.78, 5) is 12.8. The molecule has 3 aromatic rings. The highest BCUT2D eigenvalue weighted by atomic mass is 35.5. The highest BCUT2D eigenvalue weighted by molar-refractivity contribution is 6.29. The summed E-state index contributed by atoms with van der Waals surface area (Å²) >= 11 is 5.96. The van der Waals surface area contributed by atoms with Crippen LogP contribution in [-0.2, 0) is 0 Å². The number of hydrogen-bond donors (Lipinski definition) is 2. The minimum atomic E-state index is 0.145. The average molecular weight is 315 g/mol. The van der Waals surface area contributed by atoms with Crippen LogP contribution in [0.5, 0.6) is 0 Å². The minimum Gasteiger partial charge on any atom is -0.396 e. The van der Waals surface area contributed by atoms with Crippen molar-refractivity contribution in [2.24, 2.45) is 0 Å². The number of aromatic nitrogens is 3. The normalized spacial score (nSPS) is 10.8. The summed E-state index contributed by atoms with van der Waals surface area (Å²) in [5, 5.41) is 14.6. The smallest absolute Gasteiger partial charge is 0.134 e. The van der Waals surface area contributed by atoms with E-state index in [9.17, 15) is 0 Å². The van der Waals surface area contributed by atoms with Crippen molar-refractivity contribution in [3.05, 3.63) is 48.0 Å². The van der Waals surface area contributed by atoms with E-state index in [0.29, 0.717) is 18.1 Å². The van der Waals surface area contributed by atoms with Crippen LogP contribution in [0.15, 0.2) is 42.9 Å². The lowest BCUT2D eigenvalue weighted by molar-refractivity contribution is 0.292. The second-order valence-corrected chi connectivity index (χ2v) is 5.21. The van der Waals surface area contributed by atoms with Gasteiger partial charge >= 0.3 is 0 Å². The van der Waals surface area contributed by atoms with Gasteiger partial charge in [0.15, 0.2) is 0 Å². The lowest BCUT2D eigenvalue weighted by Crippen LogP contribution is -2.06. The van der Waals surface area contributed by atoms with Gasteiger partial charge < -0.3 is 10.4 Å². The fourth-order valence-corrected chi connectivity index (χ4v) is 2.40. The summed E-state index contributed by atoms with van der Waals surface area (Å²) in [5.74, 6) is 0.774. The van der Waals surface area contributed by atoms with Crippen molar-refractivity contribution in [1.82, 2.24) is 15.0 Å². The summed E-state index contributed by atoms with van der Waals surface area (Å²) in [6.45, 7) is 0.799. The second-order valence-electron chi connectivity index (χ2n) is 4.82. The molecule has 112 valence electrons. The van der Waals surface area contributed by atoms with Crippen molar-refractivity contribution < 1.29 is 5.11 Å². The maximum Gasteiger partial charge on any atom is 0.134 e. The highest BCUT2D eigenvalue weighted by Crippen LogP contribution is 2.27. The standard InChI is InChI=1S/C16H15ClN4O/c17-15-9-11(2-6-19-15)14-8-12-10-18-5-3-13(12)16(21-14)20-4-1-7-22/h2-3,5-6,8-10,22H,1,4,7H2,(H,20,21). The topological polar surface area (TPSA) is 70.9 Å². The Morgan fingerprint density at radius 2 is 2.09 bits per heavy atom. The Morgan fingerprint density at radius 1 is 1.18 bits per heavy atom. The van der Waals surface area contributed by atoms with Gasteiger partial charge in [0.1, 0.15) is 11.0 Å². The average Bonchev–Trinajstić information content (AvgIpc) is 2.55. The van der Waals surface area contributed by atoms with E-state index in [4.69, 9.17) is 16.7 Å². The number of aliphatic hydroxyl groups excluding tert-OH is 1. The molecule has 0 radical (unpaired) electrons. The first-order valence-electron chi connectivity index (χ1n) is 6.99. The summed E-state index contributed by atoms with van der Waals surface area (Å²) in [6, 6.07) is 7.55. The third-order valence-corrected chi connectivity index (χ3v) is 3.49. The van der Waals surface area contributed by atoms with E-state index >= 15 is 0 Å². The van der Waals surface area contributed by atoms with Gasteiger partial charge in [-0.1, -0.05) is 11.6 Å². The Bertz CT molecular complexity index is 794. The molecule has 0 saturated carbocycles. The zero-order chi connectivity index (χ0) is 15.4. The van der Waals surface area contributed by atoms with Crippen LogP contribution >= 0.6 is 11.6 Å². The molecule has 0 aliphatic rings. The van der Waals surface area contributed by atoms with Crippen molar-refractivity contribution in [3.63, 3.8) is 0 Å². The van der Waals surface area contributed by atoms with Crippen molar-refractivity contribution in [2.45, 2.75) is 6.42 Å². The molecule has 0 aliphatic heterocycles. The first kappa shape index (κ1) is 14.7. The van der Waals surface area contributed by atoms with E-state index in [-0.39, 0.29) is 6.61 Å². The van der Waals surface area contributed by atoms with Crippen LogP contribution in [0.25, 0.3) is 22.0 Å². The molecule has 0 aliphatic carbocycles. The highest BCUT2D eigenvalue weighted by Gasteiger charge is 2.08. The largest absolute Gasteiger partial charge is 0.396 e. The van der Waals surface area contributed by atoms with Crippen LogP contribution in [0.1, 0.15) is 6.42 Å². The van der Waals surface area contributed by atoms with E-state index in [1.165, 1.54) is 0 Å². The molecule has 22 heavy (non-hydrogen) atoms. The molecule has 0 atom stereocenters. The summed E-state index contributed by atoms with van der Waals surface area (Å²) < 4.78 is 0. The summed E-state index contributed by atoms with van der Waals surface area (Å²) in [7, 11) is 0. The molecule has 3 rings (SSSR count). The number of hydrogen-bond acceptors (Lipinski definition) is 5. The van der Waals surface area contributed by atoms with E-state index < -0.39 is 0 Å². The van der Waals surface area contributed by atoms with Gasteiger partial charge in [0.2, 0.25) is 0 Å². The van der Waals surface area contributed by atoms with Gasteiger partial charge in [0, 0.05) is 48.1 Å². The zero-order valence-electron chi connectivity index (χ0n) is 11.8. The van der Waals surface area contributed by atoms with Crippen molar-refractivity contribution >= 4 is 28.2 Å². The Morgan fingerprint density at radius 3 is 2.91 bits per heavy atom. The molecule has 0 aromatic carbocycles. The molecule has 3 heterocycles. The Hall–Kier alpha value is -2.24. The number of rotatable bonds is 5. The third kappa shape index (κ3) is 3.16. The molecule has 3 aromatic heterocycles. The van der Waals surface area contributed by atoms with Crippen LogP contribution in [0.3, 0.4) is 0 Å². The van der Waals surface area contributed by atoms with Gasteiger partial charge in [-0.25, -0.2) is 9.97 Å². The molecule has 2 N–H and O–H groups in total. The number of aliphatic hydroxyl groups is 1. The van der Waals surface area contributed by atoms with Gasteiger partial charge in [0.25, 0.3) is 0 Å². The third-order valence-electron chi connectivity index (χ3n) is 3.28. The fourth-order valence-electron chi connectivity index (χ4n) is 2.23. The van der Waals surface area contributed by atoms with Crippen LogP contribution in [0, 0.1) is 0 Å². The quantitative estimate of drug-likeness (QED) is 0.559. The molecular weight excluding hydrogens is 300 g/mol. The van der Waals surface area contributed by atoms with Gasteiger partial charge in [-0.3, -0.25) is 4.98 Å². The van der Waals surface area contributed by atoms with Gasteiger partial charge in [-0.2, -0.15) is 0 Å². The second kappa shape index (κ2) is 6.68. The lowest BCUT2D eigenvalue weighted by atomic mass is 10.1. The molecule has 6 heteroatoms. The molecule has 0 unspecified atom stereocenters. The predicted molar refractivity (Wildman–Crippen MR) is 88.0 cm³/mol. The minimum absolute atomic E-state index is 0.145. The SMILES string of the molecule is OCCCNc1nc(-c2ccnc(Cl)c2)cc2cnccc12. The monoisotopic (exact) mass is 314 g/mol. The molecule has 5 nitrogen and oxygen atoms in total. The van der Waals surface area contributed by atoms with Crippen LogP contribution in [0.4, 0.5) is 5.82 Å². The molecule has 0 fully saturated rings. The Balaban J connectivity index is 2.07. The number of halogens is 1. The number of fused-ring (bicyclic) bond motifs is 1. The van der Waals surface area contributed by atoms with Crippen LogP contribution in [0.2, 0.25) is 5.15 Å². The number of nitrogens with zero attached hydrogens (tertiary/aromatic N) is 3. The van der Waals surface area contributed by atoms with Gasteiger partial charge in [-0.15, -0.1) is 0 Å². The summed E-state index contributed by atoms with van der Waals surface area (Å²) in [6.07, 6.45) is 5.87. The molecule has 0 amide bonds. The Kier molecular flexibility index (Phi) is 4.46. The van der Waals surface area contributed by atoms with Gasteiger partial charge in [0.05, 0.1) is 5.69 Å². The van der Waals surface area contributed by atoms with Crippen molar-refractivity contribution in [1.29, 1.82) is 0 Å². The van der Waals surface area contributed by atoms with Crippen molar-refractivity contribution in [3.8, 4) is 11.3 Å². The number of pyridine rings is 3.